The first kappa shape index (κ1) is 14.4. The topological polar surface area (TPSA) is 68.5 Å². The third-order valence-corrected chi connectivity index (χ3v) is 3.15. The quantitative estimate of drug-likeness (QED) is 0.629. The minimum atomic E-state index is -2.67. The van der Waals surface area contributed by atoms with Gasteiger partial charge in [0.15, 0.2) is 0 Å². The van der Waals surface area contributed by atoms with E-state index in [1.54, 1.807) is 11.8 Å². The Kier molecular flexibility index (Phi) is 4.01. The Hall–Kier alpha value is -1.99. The molecule has 0 bridgehead atoms. The van der Waals surface area contributed by atoms with Crippen molar-refractivity contribution in [2.45, 2.75) is 25.7 Å². The molecule has 2 rings (SSSR count). The van der Waals surface area contributed by atoms with Crippen molar-refractivity contribution in [3.63, 3.8) is 0 Å². The van der Waals surface area contributed by atoms with Gasteiger partial charge in [0.1, 0.15) is 11.9 Å². The van der Waals surface area contributed by atoms with Crippen molar-refractivity contribution in [3.8, 4) is 5.88 Å². The second kappa shape index (κ2) is 5.56. The van der Waals surface area contributed by atoms with Crippen LogP contribution in [0.3, 0.4) is 0 Å². The Labute approximate surface area is 114 Å². The van der Waals surface area contributed by atoms with Crippen molar-refractivity contribution in [1.82, 2.24) is 4.98 Å². The van der Waals surface area contributed by atoms with Crippen LogP contribution in [0.25, 0.3) is 0 Å². The molecule has 0 aromatic carbocycles. The molecule has 1 saturated heterocycles. The van der Waals surface area contributed by atoms with Gasteiger partial charge in [-0.25, -0.2) is 13.8 Å². The minimum absolute atomic E-state index is 0.121. The number of alkyl halides is 2. The molecule has 0 amide bonds. The van der Waals surface area contributed by atoms with E-state index in [0.29, 0.717) is 12.3 Å². The first-order valence-electron chi connectivity index (χ1n) is 6.33. The largest absolute Gasteiger partial charge is 0.476 e. The normalized spacial score (nSPS) is 17.9. The van der Waals surface area contributed by atoms with Gasteiger partial charge in [0.2, 0.25) is 5.88 Å². The van der Waals surface area contributed by atoms with Crippen LogP contribution in [0.15, 0.2) is 12.3 Å². The minimum Gasteiger partial charge on any atom is -0.476 e. The van der Waals surface area contributed by atoms with Gasteiger partial charge in [0, 0.05) is 32.0 Å². The van der Waals surface area contributed by atoms with Crippen LogP contribution >= 0.6 is 0 Å². The van der Waals surface area contributed by atoms with Gasteiger partial charge in [-0.15, -0.1) is 0 Å². The molecule has 0 spiro atoms. The highest BCUT2D eigenvalue weighted by Crippen LogP contribution is 2.35. The zero-order valence-corrected chi connectivity index (χ0v) is 11.0. The standard InChI is InChI=1S/C12H15F2N3O3/c1-2-20-11-10(7-9(8-15-11)17(18)19)16-5-3-12(13,14)4-6-16/h7-8H,2-6H2,1H3. The van der Waals surface area contributed by atoms with Gasteiger partial charge in [0.05, 0.1) is 11.5 Å². The molecule has 20 heavy (non-hydrogen) atoms. The Morgan fingerprint density at radius 2 is 2.15 bits per heavy atom. The third kappa shape index (κ3) is 3.12. The summed E-state index contributed by atoms with van der Waals surface area (Å²) in [7, 11) is 0. The van der Waals surface area contributed by atoms with Gasteiger partial charge in [-0.05, 0) is 6.92 Å². The van der Waals surface area contributed by atoms with Gasteiger partial charge in [-0.1, -0.05) is 0 Å². The van der Waals surface area contributed by atoms with Crippen molar-refractivity contribution in [2.75, 3.05) is 24.6 Å². The summed E-state index contributed by atoms with van der Waals surface area (Å²) in [5, 5.41) is 10.8. The van der Waals surface area contributed by atoms with E-state index in [4.69, 9.17) is 4.74 Å². The lowest BCUT2D eigenvalue weighted by atomic mass is 10.1. The Morgan fingerprint density at radius 1 is 1.50 bits per heavy atom. The van der Waals surface area contributed by atoms with Crippen molar-refractivity contribution in [3.05, 3.63) is 22.4 Å². The molecule has 2 heterocycles. The predicted octanol–water partition coefficient (Wildman–Crippen LogP) is 2.62. The molecule has 0 N–H and O–H groups in total. The summed E-state index contributed by atoms with van der Waals surface area (Å²) >= 11 is 0. The number of anilines is 1. The molecule has 110 valence electrons. The fraction of sp³-hybridized carbons (Fsp3) is 0.583. The van der Waals surface area contributed by atoms with Crippen molar-refractivity contribution in [1.29, 1.82) is 0 Å². The maximum absolute atomic E-state index is 13.2. The summed E-state index contributed by atoms with van der Waals surface area (Å²) < 4.78 is 31.6. The number of hydrogen-bond donors (Lipinski definition) is 0. The molecule has 8 heteroatoms. The van der Waals surface area contributed by atoms with Crippen LogP contribution < -0.4 is 9.64 Å². The van der Waals surface area contributed by atoms with E-state index >= 15 is 0 Å². The summed E-state index contributed by atoms with van der Waals surface area (Å²) in [6.45, 7) is 2.35. The molecule has 0 radical (unpaired) electrons. The summed E-state index contributed by atoms with van der Waals surface area (Å²) in [5.74, 6) is -2.43. The van der Waals surface area contributed by atoms with Crippen molar-refractivity contribution in [2.24, 2.45) is 0 Å². The molecule has 6 nitrogen and oxygen atoms in total. The van der Waals surface area contributed by atoms with Crippen LogP contribution in [0, 0.1) is 10.1 Å². The van der Waals surface area contributed by atoms with Crippen LogP contribution in [0.1, 0.15) is 19.8 Å². The number of ether oxygens (including phenoxy) is 1. The van der Waals surface area contributed by atoms with Crippen molar-refractivity contribution >= 4 is 11.4 Å². The molecule has 0 atom stereocenters. The van der Waals surface area contributed by atoms with Crippen LogP contribution in [0.4, 0.5) is 20.2 Å². The van der Waals surface area contributed by atoms with E-state index in [-0.39, 0.29) is 37.5 Å². The molecule has 1 aliphatic rings. The van der Waals surface area contributed by atoms with E-state index in [9.17, 15) is 18.9 Å². The van der Waals surface area contributed by atoms with E-state index in [2.05, 4.69) is 4.98 Å². The Balaban J connectivity index is 2.28. The predicted molar refractivity (Wildman–Crippen MR) is 68.5 cm³/mol. The Bertz CT molecular complexity index is 501. The highest BCUT2D eigenvalue weighted by atomic mass is 19.3. The second-order valence-electron chi connectivity index (χ2n) is 4.55. The lowest BCUT2D eigenvalue weighted by molar-refractivity contribution is -0.385. The fourth-order valence-electron chi connectivity index (χ4n) is 2.08. The van der Waals surface area contributed by atoms with Gasteiger partial charge < -0.3 is 9.64 Å². The lowest BCUT2D eigenvalue weighted by Gasteiger charge is -2.33. The van der Waals surface area contributed by atoms with Crippen molar-refractivity contribution < 1.29 is 18.4 Å². The highest BCUT2D eigenvalue weighted by Gasteiger charge is 2.35. The van der Waals surface area contributed by atoms with Gasteiger partial charge in [0.25, 0.3) is 11.6 Å². The van der Waals surface area contributed by atoms with Crippen LogP contribution in [-0.4, -0.2) is 35.5 Å². The number of rotatable bonds is 4. The highest BCUT2D eigenvalue weighted by molar-refractivity contribution is 5.59. The second-order valence-corrected chi connectivity index (χ2v) is 4.55. The number of nitrogens with zero attached hydrogens (tertiary/aromatic N) is 3. The molecular formula is C12H15F2N3O3. The molecule has 1 fully saturated rings. The molecule has 0 unspecified atom stereocenters. The van der Waals surface area contributed by atoms with E-state index in [1.165, 1.54) is 6.07 Å². The Morgan fingerprint density at radius 3 is 2.70 bits per heavy atom. The first-order chi connectivity index (χ1) is 9.43. The van der Waals surface area contributed by atoms with E-state index < -0.39 is 10.8 Å². The number of nitro groups is 1. The molecule has 1 aliphatic heterocycles. The van der Waals surface area contributed by atoms with Crippen LogP contribution in [0.5, 0.6) is 5.88 Å². The number of hydrogen-bond acceptors (Lipinski definition) is 5. The first-order valence-corrected chi connectivity index (χ1v) is 6.33. The van der Waals surface area contributed by atoms with Gasteiger partial charge in [-0.2, -0.15) is 0 Å². The maximum atomic E-state index is 13.2. The molecular weight excluding hydrogens is 272 g/mol. The average molecular weight is 287 g/mol. The number of aromatic nitrogens is 1. The monoisotopic (exact) mass is 287 g/mol. The van der Waals surface area contributed by atoms with E-state index in [0.717, 1.165) is 6.20 Å². The van der Waals surface area contributed by atoms with E-state index in [1.807, 2.05) is 0 Å². The van der Waals surface area contributed by atoms with Crippen LogP contribution in [-0.2, 0) is 0 Å². The summed E-state index contributed by atoms with van der Waals surface area (Å²) in [6, 6.07) is 1.32. The summed E-state index contributed by atoms with van der Waals surface area (Å²) in [6.07, 6.45) is 0.551. The zero-order valence-electron chi connectivity index (χ0n) is 11.0. The average Bonchev–Trinajstić information content (AvgIpc) is 2.39. The zero-order chi connectivity index (χ0) is 14.8. The van der Waals surface area contributed by atoms with Gasteiger partial charge in [-0.3, -0.25) is 10.1 Å². The summed E-state index contributed by atoms with van der Waals surface area (Å²) in [4.78, 5) is 15.8. The maximum Gasteiger partial charge on any atom is 0.289 e. The molecule has 0 saturated carbocycles. The molecule has 1 aromatic rings. The number of halogens is 2. The van der Waals surface area contributed by atoms with Gasteiger partial charge >= 0.3 is 0 Å². The summed E-state index contributed by atoms with van der Waals surface area (Å²) in [5.41, 5.74) is 0.220. The number of piperidine rings is 1. The lowest BCUT2D eigenvalue weighted by Crippen LogP contribution is -2.39. The smallest absolute Gasteiger partial charge is 0.289 e. The van der Waals surface area contributed by atoms with Crippen LogP contribution in [0.2, 0.25) is 0 Å². The molecule has 1 aromatic heterocycles. The SMILES string of the molecule is CCOc1ncc([N+](=O)[O-])cc1N1CCC(F)(F)CC1. The number of pyridine rings is 1. The third-order valence-electron chi connectivity index (χ3n) is 3.15. The fourth-order valence-corrected chi connectivity index (χ4v) is 2.08. The molecule has 0 aliphatic carbocycles.